The van der Waals surface area contributed by atoms with Gasteiger partial charge in [-0.3, -0.25) is 4.98 Å². The van der Waals surface area contributed by atoms with Gasteiger partial charge in [-0.15, -0.1) is 24.8 Å². The predicted octanol–water partition coefficient (Wildman–Crippen LogP) is 2.58. The number of carboxylic acid groups (broad SMARTS) is 1. The van der Waals surface area contributed by atoms with Crippen LogP contribution in [0.3, 0.4) is 0 Å². The Morgan fingerprint density at radius 3 is 2.64 bits per heavy atom. The highest BCUT2D eigenvalue weighted by Gasteiger charge is 2.07. The lowest BCUT2D eigenvalue weighted by atomic mass is 10.1. The normalized spacial score (nSPS) is 8.36. The van der Waals surface area contributed by atoms with Crippen LogP contribution >= 0.6 is 24.8 Å². The Morgan fingerprint density at radius 1 is 1.50 bits per heavy atom. The zero-order valence-electron chi connectivity index (χ0n) is 7.77. The summed E-state index contributed by atoms with van der Waals surface area (Å²) in [6, 6.07) is 1.76. The van der Waals surface area contributed by atoms with E-state index >= 15 is 0 Å². The van der Waals surface area contributed by atoms with Crippen LogP contribution in [0.5, 0.6) is 0 Å². The van der Waals surface area contributed by atoms with Crippen molar-refractivity contribution in [1.82, 2.24) is 4.98 Å². The van der Waals surface area contributed by atoms with E-state index in [-0.39, 0.29) is 24.8 Å². The van der Waals surface area contributed by atoms with Crippen LogP contribution < -0.4 is 0 Å². The molecule has 0 aliphatic rings. The first kappa shape index (κ1) is 15.7. The average molecular weight is 238 g/mol. The summed E-state index contributed by atoms with van der Waals surface area (Å²) in [6.07, 6.45) is 4.76. The zero-order valence-corrected chi connectivity index (χ0v) is 9.40. The van der Waals surface area contributed by atoms with Crippen LogP contribution in [-0.2, 0) is 6.42 Å². The van der Waals surface area contributed by atoms with Gasteiger partial charge < -0.3 is 5.11 Å². The lowest BCUT2D eigenvalue weighted by Gasteiger charge is -2.01. The van der Waals surface area contributed by atoms with Crippen molar-refractivity contribution in [3.05, 3.63) is 29.6 Å². The van der Waals surface area contributed by atoms with Gasteiger partial charge in [0.15, 0.2) is 0 Å². The summed E-state index contributed by atoms with van der Waals surface area (Å²) in [6.45, 7) is 2.02. The summed E-state index contributed by atoms with van der Waals surface area (Å²) in [5, 5.41) is 8.75. The molecule has 0 spiro atoms. The van der Waals surface area contributed by atoms with Crippen molar-refractivity contribution in [3.8, 4) is 0 Å². The van der Waals surface area contributed by atoms with Crippen molar-refractivity contribution >= 4 is 30.8 Å². The molecule has 0 radical (unpaired) electrons. The molecule has 0 atom stereocenters. The number of rotatable bonds is 3. The number of hydrogen-bond donors (Lipinski definition) is 1. The van der Waals surface area contributed by atoms with Gasteiger partial charge in [0, 0.05) is 12.4 Å². The first-order valence-corrected chi connectivity index (χ1v) is 3.92. The molecule has 0 saturated carbocycles. The van der Waals surface area contributed by atoms with Crippen LogP contribution in [0, 0.1) is 0 Å². The molecule has 1 rings (SSSR count). The Kier molecular flexibility index (Phi) is 8.49. The molecule has 3 nitrogen and oxygen atoms in total. The van der Waals surface area contributed by atoms with Crippen molar-refractivity contribution in [3.63, 3.8) is 0 Å². The number of nitrogens with zero attached hydrogens (tertiary/aromatic N) is 1. The lowest BCUT2D eigenvalue weighted by Crippen LogP contribution is -2.02. The van der Waals surface area contributed by atoms with Gasteiger partial charge in [-0.05, 0) is 18.1 Å². The second kappa shape index (κ2) is 7.59. The van der Waals surface area contributed by atoms with Gasteiger partial charge in [0.2, 0.25) is 0 Å². The molecule has 1 N–H and O–H groups in total. The molecule has 0 saturated heterocycles. The van der Waals surface area contributed by atoms with E-state index in [4.69, 9.17) is 5.11 Å². The SMILES string of the molecule is CCCc1ccncc1C(=O)O.Cl.Cl. The van der Waals surface area contributed by atoms with Crippen LogP contribution in [-0.4, -0.2) is 16.1 Å². The van der Waals surface area contributed by atoms with Gasteiger partial charge in [0.1, 0.15) is 0 Å². The van der Waals surface area contributed by atoms with E-state index in [0.717, 1.165) is 18.4 Å². The Bertz CT molecular complexity index is 292. The Hall–Kier alpha value is -0.800. The second-order valence-electron chi connectivity index (χ2n) is 2.59. The van der Waals surface area contributed by atoms with Gasteiger partial charge in [0.05, 0.1) is 5.56 Å². The maximum absolute atomic E-state index is 10.7. The summed E-state index contributed by atoms with van der Waals surface area (Å²) in [5.74, 6) is -0.897. The number of aryl methyl sites for hydroxylation is 1. The topological polar surface area (TPSA) is 50.2 Å². The molecular formula is C9H13Cl2NO2. The Labute approximate surface area is 95.4 Å². The fourth-order valence-corrected chi connectivity index (χ4v) is 1.10. The summed E-state index contributed by atoms with van der Waals surface area (Å²) in [4.78, 5) is 14.4. The fraction of sp³-hybridized carbons (Fsp3) is 0.333. The van der Waals surface area contributed by atoms with E-state index in [9.17, 15) is 4.79 Å². The largest absolute Gasteiger partial charge is 0.478 e. The van der Waals surface area contributed by atoms with Crippen LogP contribution in [0.1, 0.15) is 29.3 Å². The molecule has 0 bridgehead atoms. The van der Waals surface area contributed by atoms with E-state index in [1.165, 1.54) is 6.20 Å². The maximum atomic E-state index is 10.7. The third-order valence-corrected chi connectivity index (χ3v) is 1.66. The molecule has 5 heteroatoms. The first-order chi connectivity index (χ1) is 5.75. The predicted molar refractivity (Wildman–Crippen MR) is 59.7 cm³/mol. The van der Waals surface area contributed by atoms with Crippen molar-refractivity contribution < 1.29 is 9.90 Å². The monoisotopic (exact) mass is 237 g/mol. The molecular weight excluding hydrogens is 225 g/mol. The quantitative estimate of drug-likeness (QED) is 0.880. The molecule has 80 valence electrons. The van der Waals surface area contributed by atoms with Gasteiger partial charge in [-0.1, -0.05) is 13.3 Å². The molecule has 0 unspecified atom stereocenters. The summed E-state index contributed by atoms with van der Waals surface area (Å²) >= 11 is 0. The molecule has 0 amide bonds. The number of hydrogen-bond acceptors (Lipinski definition) is 2. The maximum Gasteiger partial charge on any atom is 0.337 e. The second-order valence-corrected chi connectivity index (χ2v) is 2.59. The van der Waals surface area contributed by atoms with Crippen molar-refractivity contribution in [1.29, 1.82) is 0 Å². The van der Waals surface area contributed by atoms with Crippen LogP contribution in [0.25, 0.3) is 0 Å². The van der Waals surface area contributed by atoms with Crippen molar-refractivity contribution in [2.24, 2.45) is 0 Å². The van der Waals surface area contributed by atoms with Gasteiger partial charge in [-0.2, -0.15) is 0 Å². The minimum absolute atomic E-state index is 0. The minimum atomic E-state index is -0.897. The van der Waals surface area contributed by atoms with E-state index in [1.54, 1.807) is 12.3 Å². The van der Waals surface area contributed by atoms with Gasteiger partial charge in [-0.25, -0.2) is 4.79 Å². The molecule has 0 aliphatic heterocycles. The Balaban J connectivity index is 0. The third kappa shape index (κ3) is 3.94. The molecule has 14 heavy (non-hydrogen) atoms. The number of halogens is 2. The first-order valence-electron chi connectivity index (χ1n) is 3.92. The van der Waals surface area contributed by atoms with Crippen LogP contribution in [0.15, 0.2) is 18.5 Å². The van der Waals surface area contributed by atoms with Gasteiger partial charge >= 0.3 is 5.97 Å². The molecule has 1 aromatic heterocycles. The number of aromatic nitrogens is 1. The molecule has 1 heterocycles. The van der Waals surface area contributed by atoms with E-state index in [2.05, 4.69) is 4.98 Å². The van der Waals surface area contributed by atoms with E-state index < -0.39 is 5.97 Å². The highest BCUT2D eigenvalue weighted by molar-refractivity contribution is 5.88. The standard InChI is InChI=1S/C9H11NO2.2ClH/c1-2-3-7-4-5-10-6-8(7)9(11)12;;/h4-6H,2-3H2,1H3,(H,11,12);2*1H. The van der Waals surface area contributed by atoms with Crippen molar-refractivity contribution in [2.75, 3.05) is 0 Å². The lowest BCUT2D eigenvalue weighted by molar-refractivity contribution is 0.0695. The van der Waals surface area contributed by atoms with Crippen LogP contribution in [0.2, 0.25) is 0 Å². The van der Waals surface area contributed by atoms with Crippen LogP contribution in [0.4, 0.5) is 0 Å². The van der Waals surface area contributed by atoms with E-state index in [1.807, 2.05) is 6.92 Å². The Morgan fingerprint density at radius 2 is 2.14 bits per heavy atom. The molecule has 0 aliphatic carbocycles. The highest BCUT2D eigenvalue weighted by Crippen LogP contribution is 2.08. The summed E-state index contributed by atoms with van der Waals surface area (Å²) < 4.78 is 0. The highest BCUT2D eigenvalue weighted by atomic mass is 35.5. The van der Waals surface area contributed by atoms with Gasteiger partial charge in [0.25, 0.3) is 0 Å². The smallest absolute Gasteiger partial charge is 0.337 e. The molecule has 1 aromatic rings. The van der Waals surface area contributed by atoms with E-state index in [0.29, 0.717) is 5.56 Å². The average Bonchev–Trinajstić information content (AvgIpc) is 2.05. The fourth-order valence-electron chi connectivity index (χ4n) is 1.10. The number of carboxylic acids is 1. The summed E-state index contributed by atoms with van der Waals surface area (Å²) in [7, 11) is 0. The third-order valence-electron chi connectivity index (χ3n) is 1.66. The van der Waals surface area contributed by atoms with Crippen molar-refractivity contribution in [2.45, 2.75) is 19.8 Å². The number of pyridine rings is 1. The zero-order chi connectivity index (χ0) is 8.97. The minimum Gasteiger partial charge on any atom is -0.478 e. The number of aromatic carboxylic acids is 1. The molecule has 0 fully saturated rings. The summed E-state index contributed by atoms with van der Waals surface area (Å²) in [5.41, 5.74) is 1.18. The molecule has 0 aromatic carbocycles. The number of carbonyl (C=O) groups is 1.